The minimum absolute atomic E-state index is 0.215. The van der Waals surface area contributed by atoms with Gasteiger partial charge < -0.3 is 14.5 Å². The fourth-order valence-electron chi connectivity index (χ4n) is 2.92. The van der Waals surface area contributed by atoms with Crippen LogP contribution in [-0.2, 0) is 6.18 Å². The first-order valence-corrected chi connectivity index (χ1v) is 8.79. The molecule has 2 aliphatic rings. The summed E-state index contributed by atoms with van der Waals surface area (Å²) in [5.74, 6) is 1.68. The van der Waals surface area contributed by atoms with E-state index in [9.17, 15) is 13.2 Å². The van der Waals surface area contributed by atoms with Crippen molar-refractivity contribution in [1.82, 2.24) is 9.80 Å². The van der Waals surface area contributed by atoms with E-state index in [2.05, 4.69) is 21.8 Å². The molecule has 4 rings (SSSR count). The number of thiophene rings is 1. The topological polar surface area (TPSA) is 28.1 Å². The summed E-state index contributed by atoms with van der Waals surface area (Å²) in [5, 5.41) is 1.91. The molecule has 0 bridgehead atoms. The second kappa shape index (κ2) is 6.03. The molecule has 25 heavy (non-hydrogen) atoms. The summed E-state index contributed by atoms with van der Waals surface area (Å²) in [7, 11) is 2.05. The standard InChI is InChI=1S/C17H16F3N3OS/c1-22-5-7-23(8-6-22)16-15-14(4-9-25-15)24-13-3-2-11(17(18,19)20)10-12(13)21-16/h2-4,9-10H,5-8H2,1H3. The van der Waals surface area contributed by atoms with Gasteiger partial charge in [0.1, 0.15) is 16.3 Å². The minimum Gasteiger partial charge on any atom is -0.453 e. The van der Waals surface area contributed by atoms with E-state index in [0.29, 0.717) is 17.3 Å². The maximum absolute atomic E-state index is 13.1. The third kappa shape index (κ3) is 3.11. The number of hydrogen-bond donors (Lipinski definition) is 0. The zero-order valence-corrected chi connectivity index (χ0v) is 14.3. The van der Waals surface area contributed by atoms with Gasteiger partial charge in [-0.05, 0) is 36.7 Å². The molecule has 2 aromatic rings. The highest BCUT2D eigenvalue weighted by atomic mass is 32.1. The summed E-state index contributed by atoms with van der Waals surface area (Å²) >= 11 is 1.49. The van der Waals surface area contributed by atoms with Gasteiger partial charge >= 0.3 is 6.18 Å². The van der Waals surface area contributed by atoms with Gasteiger partial charge in [-0.2, -0.15) is 13.2 Å². The second-order valence-electron chi connectivity index (χ2n) is 6.12. The Kier molecular flexibility index (Phi) is 3.96. The molecule has 1 saturated heterocycles. The lowest BCUT2D eigenvalue weighted by atomic mass is 10.2. The molecule has 1 fully saturated rings. The molecule has 0 radical (unpaired) electrons. The van der Waals surface area contributed by atoms with Gasteiger partial charge in [0.2, 0.25) is 0 Å². The van der Waals surface area contributed by atoms with Gasteiger partial charge in [0.05, 0.1) is 5.56 Å². The number of halogens is 3. The van der Waals surface area contributed by atoms with Crippen LogP contribution in [0.25, 0.3) is 0 Å². The molecule has 1 aromatic heterocycles. The maximum atomic E-state index is 13.1. The van der Waals surface area contributed by atoms with Crippen LogP contribution < -0.4 is 4.74 Å². The Morgan fingerprint density at radius 1 is 1.08 bits per heavy atom. The average Bonchev–Trinajstić information content (AvgIpc) is 2.96. The quantitative estimate of drug-likeness (QED) is 0.699. The Balaban J connectivity index is 1.80. The molecule has 1 aromatic carbocycles. The molecule has 132 valence electrons. The molecule has 0 amide bonds. The lowest BCUT2D eigenvalue weighted by Gasteiger charge is -2.34. The minimum atomic E-state index is -4.41. The molecule has 0 aliphatic carbocycles. The lowest BCUT2D eigenvalue weighted by Crippen LogP contribution is -2.47. The number of rotatable bonds is 0. The third-order valence-corrected chi connectivity index (χ3v) is 5.26. The Bertz CT molecular complexity index is 823. The fourth-order valence-corrected chi connectivity index (χ4v) is 3.76. The SMILES string of the molecule is CN1CCN(C2=Nc3cc(C(F)(F)F)ccc3Oc3ccsc32)CC1. The number of amidine groups is 1. The molecule has 0 spiro atoms. The molecule has 0 atom stereocenters. The number of hydrogen-bond acceptors (Lipinski definition) is 5. The van der Waals surface area contributed by atoms with Gasteiger partial charge in [-0.3, -0.25) is 0 Å². The normalized spacial score (nSPS) is 18.1. The van der Waals surface area contributed by atoms with Crippen LogP contribution in [0.15, 0.2) is 34.6 Å². The van der Waals surface area contributed by atoms with Crippen LogP contribution in [0.2, 0.25) is 0 Å². The van der Waals surface area contributed by atoms with Crippen molar-refractivity contribution in [1.29, 1.82) is 0 Å². The molecule has 8 heteroatoms. The van der Waals surface area contributed by atoms with Crippen LogP contribution in [-0.4, -0.2) is 48.9 Å². The number of aliphatic imine (C=N–C) groups is 1. The summed E-state index contributed by atoms with van der Waals surface area (Å²) in [6.45, 7) is 3.33. The first-order valence-electron chi connectivity index (χ1n) is 7.91. The molecule has 0 N–H and O–H groups in total. The number of piperazine rings is 1. The lowest BCUT2D eigenvalue weighted by molar-refractivity contribution is -0.137. The van der Waals surface area contributed by atoms with Crippen molar-refractivity contribution in [2.24, 2.45) is 4.99 Å². The van der Waals surface area contributed by atoms with Crippen LogP contribution in [0.3, 0.4) is 0 Å². The van der Waals surface area contributed by atoms with Crippen LogP contribution in [0.4, 0.5) is 18.9 Å². The monoisotopic (exact) mass is 367 g/mol. The van der Waals surface area contributed by atoms with E-state index in [1.807, 2.05) is 11.4 Å². The number of ether oxygens (including phenoxy) is 1. The number of alkyl halides is 3. The van der Waals surface area contributed by atoms with Crippen molar-refractivity contribution in [2.75, 3.05) is 33.2 Å². The molecule has 0 saturated carbocycles. The van der Waals surface area contributed by atoms with Crippen LogP contribution in [0.5, 0.6) is 11.5 Å². The van der Waals surface area contributed by atoms with Crippen molar-refractivity contribution in [3.63, 3.8) is 0 Å². The predicted molar refractivity (Wildman–Crippen MR) is 91.1 cm³/mol. The smallest absolute Gasteiger partial charge is 0.416 e. The first kappa shape index (κ1) is 16.4. The summed E-state index contributed by atoms with van der Waals surface area (Å²) in [6, 6.07) is 5.26. The highest BCUT2D eigenvalue weighted by Gasteiger charge is 2.32. The maximum Gasteiger partial charge on any atom is 0.416 e. The predicted octanol–water partition coefficient (Wildman–Crippen LogP) is 4.20. The zero-order chi connectivity index (χ0) is 17.6. The van der Waals surface area contributed by atoms with Crippen LogP contribution >= 0.6 is 11.3 Å². The van der Waals surface area contributed by atoms with E-state index < -0.39 is 11.7 Å². The van der Waals surface area contributed by atoms with E-state index in [-0.39, 0.29) is 5.69 Å². The number of benzene rings is 1. The molecular formula is C17H16F3N3OS. The van der Waals surface area contributed by atoms with Gasteiger partial charge in [0.15, 0.2) is 11.6 Å². The Labute approximate surface area is 147 Å². The molecule has 3 heterocycles. The summed E-state index contributed by atoms with van der Waals surface area (Å²) in [4.78, 5) is 9.78. The molecule has 4 nitrogen and oxygen atoms in total. The summed E-state index contributed by atoms with van der Waals surface area (Å²) in [6.07, 6.45) is -4.41. The summed E-state index contributed by atoms with van der Waals surface area (Å²) in [5.41, 5.74) is -0.506. The second-order valence-corrected chi connectivity index (χ2v) is 7.04. The van der Waals surface area contributed by atoms with Gasteiger partial charge in [0, 0.05) is 26.2 Å². The third-order valence-electron chi connectivity index (χ3n) is 4.37. The molecule has 2 aliphatic heterocycles. The van der Waals surface area contributed by atoms with Gasteiger partial charge in [-0.25, -0.2) is 4.99 Å². The van der Waals surface area contributed by atoms with E-state index in [4.69, 9.17) is 4.74 Å². The van der Waals surface area contributed by atoms with E-state index in [1.54, 1.807) is 0 Å². The highest BCUT2D eigenvalue weighted by Crippen LogP contribution is 2.43. The largest absolute Gasteiger partial charge is 0.453 e. The first-order chi connectivity index (χ1) is 11.9. The Hall–Kier alpha value is -2.06. The molecular weight excluding hydrogens is 351 g/mol. The molecule has 0 unspecified atom stereocenters. The van der Waals surface area contributed by atoms with Crippen molar-refractivity contribution in [3.8, 4) is 11.5 Å². The van der Waals surface area contributed by atoms with Crippen LogP contribution in [0.1, 0.15) is 10.4 Å². The fraction of sp³-hybridized carbons (Fsp3) is 0.353. The number of likely N-dealkylation sites (N-methyl/N-ethyl adjacent to an activating group) is 1. The summed E-state index contributed by atoms with van der Waals surface area (Å²) < 4.78 is 45.0. The van der Waals surface area contributed by atoms with Gasteiger partial charge in [0.25, 0.3) is 0 Å². The van der Waals surface area contributed by atoms with Crippen molar-refractivity contribution in [2.45, 2.75) is 6.18 Å². The van der Waals surface area contributed by atoms with Crippen LogP contribution in [0, 0.1) is 0 Å². The van der Waals surface area contributed by atoms with E-state index in [0.717, 1.165) is 43.2 Å². The van der Waals surface area contributed by atoms with Crippen molar-refractivity contribution >= 4 is 22.9 Å². The van der Waals surface area contributed by atoms with Gasteiger partial charge in [-0.15, -0.1) is 11.3 Å². The van der Waals surface area contributed by atoms with E-state index >= 15 is 0 Å². The average molecular weight is 367 g/mol. The van der Waals surface area contributed by atoms with Crippen molar-refractivity contribution in [3.05, 3.63) is 40.1 Å². The number of nitrogens with zero attached hydrogens (tertiary/aromatic N) is 3. The van der Waals surface area contributed by atoms with Gasteiger partial charge in [-0.1, -0.05) is 0 Å². The highest BCUT2D eigenvalue weighted by molar-refractivity contribution is 7.12. The Morgan fingerprint density at radius 2 is 1.84 bits per heavy atom. The number of fused-ring (bicyclic) bond motifs is 2. The van der Waals surface area contributed by atoms with Crippen molar-refractivity contribution < 1.29 is 17.9 Å². The van der Waals surface area contributed by atoms with E-state index in [1.165, 1.54) is 17.4 Å². The Morgan fingerprint density at radius 3 is 2.56 bits per heavy atom. The zero-order valence-electron chi connectivity index (χ0n) is 13.5.